The normalized spacial score (nSPS) is 15.3. The molecule has 2 aromatic rings. The molecule has 0 bridgehead atoms. The summed E-state index contributed by atoms with van der Waals surface area (Å²) in [6, 6.07) is 5.12. The summed E-state index contributed by atoms with van der Waals surface area (Å²) in [5, 5.41) is 11.3. The molecule has 0 aliphatic carbocycles. The Balaban J connectivity index is 1.93. The SMILES string of the molecule is CCCC#Cc1ccc(-c2ncc(CN)cn2)c(O/C(=C/C(=N)C2CC=C(F)C=N2)NC)c1. The molecular formula is C25H27FN6O. The van der Waals surface area contributed by atoms with Crippen LogP contribution in [-0.2, 0) is 6.54 Å². The Morgan fingerprint density at radius 1 is 1.36 bits per heavy atom. The second-order valence-corrected chi connectivity index (χ2v) is 7.32. The molecule has 0 spiro atoms. The van der Waals surface area contributed by atoms with Gasteiger partial charge in [-0.05, 0) is 37.1 Å². The van der Waals surface area contributed by atoms with E-state index < -0.39 is 6.04 Å². The van der Waals surface area contributed by atoms with Crippen LogP contribution < -0.4 is 15.8 Å². The van der Waals surface area contributed by atoms with Crippen LogP contribution in [-0.4, -0.2) is 35.0 Å². The Bertz CT molecular complexity index is 1140. The van der Waals surface area contributed by atoms with Crippen LogP contribution in [0.3, 0.4) is 0 Å². The van der Waals surface area contributed by atoms with Crippen LogP contribution in [0.25, 0.3) is 11.4 Å². The molecule has 0 amide bonds. The molecule has 1 aliphatic heterocycles. The lowest BCUT2D eigenvalue weighted by molar-refractivity contribution is 0.394. The number of nitrogens with one attached hydrogen (secondary N) is 2. The van der Waals surface area contributed by atoms with Gasteiger partial charge in [0.15, 0.2) is 11.7 Å². The van der Waals surface area contributed by atoms with Crippen molar-refractivity contribution in [1.29, 1.82) is 5.41 Å². The summed E-state index contributed by atoms with van der Waals surface area (Å²) in [6.45, 7) is 2.43. The quantitative estimate of drug-likeness (QED) is 0.324. The highest BCUT2D eigenvalue weighted by molar-refractivity contribution is 5.99. The zero-order chi connectivity index (χ0) is 23.6. The van der Waals surface area contributed by atoms with Crippen LogP contribution in [0.15, 0.2) is 59.4 Å². The van der Waals surface area contributed by atoms with Gasteiger partial charge in [-0.25, -0.2) is 14.4 Å². The van der Waals surface area contributed by atoms with Gasteiger partial charge in [-0.2, -0.15) is 0 Å². The average Bonchev–Trinajstić information content (AvgIpc) is 2.84. The number of allylic oxidation sites excluding steroid dienone is 1. The Kier molecular flexibility index (Phi) is 8.44. The van der Waals surface area contributed by atoms with Crippen molar-refractivity contribution in [1.82, 2.24) is 15.3 Å². The molecule has 0 fully saturated rings. The van der Waals surface area contributed by atoms with Crippen molar-refractivity contribution in [2.24, 2.45) is 10.7 Å². The molecule has 1 atom stereocenters. The number of nitrogens with two attached hydrogens (primary N) is 1. The first-order valence-electron chi connectivity index (χ1n) is 10.7. The van der Waals surface area contributed by atoms with Crippen molar-refractivity contribution in [2.75, 3.05) is 7.05 Å². The number of benzene rings is 1. The molecule has 0 saturated carbocycles. The Morgan fingerprint density at radius 2 is 2.15 bits per heavy atom. The first-order valence-corrected chi connectivity index (χ1v) is 10.7. The highest BCUT2D eigenvalue weighted by Gasteiger charge is 2.17. The minimum atomic E-state index is -0.464. The molecule has 3 rings (SSSR count). The molecule has 1 aromatic heterocycles. The number of unbranched alkanes of at least 4 members (excludes halogenated alkanes) is 1. The third-order valence-electron chi connectivity index (χ3n) is 4.80. The minimum absolute atomic E-state index is 0.198. The molecule has 0 radical (unpaired) electrons. The molecule has 4 N–H and O–H groups in total. The standard InChI is InChI=1S/C25H27FN6O/c1-3-4-5-6-17-7-9-20(25-31-14-18(13-27)15-32-25)23(11-17)33-24(29-2)12-21(28)22-10-8-19(26)16-30-22/h7-9,11-12,14-16,22,28-29H,3-4,10,13,27H2,1-2H3/b24-12+,28-21?. The van der Waals surface area contributed by atoms with Gasteiger partial charge in [0, 0.05) is 49.6 Å². The summed E-state index contributed by atoms with van der Waals surface area (Å²) < 4.78 is 19.3. The van der Waals surface area contributed by atoms with Gasteiger partial charge in [-0.15, -0.1) is 0 Å². The largest absolute Gasteiger partial charge is 0.441 e. The van der Waals surface area contributed by atoms with Crippen molar-refractivity contribution >= 4 is 11.9 Å². The summed E-state index contributed by atoms with van der Waals surface area (Å²) in [7, 11) is 1.69. The van der Waals surface area contributed by atoms with Gasteiger partial charge < -0.3 is 21.2 Å². The fraction of sp³-hybridized carbons (Fsp3) is 0.280. The summed E-state index contributed by atoms with van der Waals surface area (Å²) in [4.78, 5) is 12.9. The zero-order valence-corrected chi connectivity index (χ0v) is 18.7. The highest BCUT2D eigenvalue weighted by Crippen LogP contribution is 2.30. The first kappa shape index (κ1) is 23.8. The number of rotatable bonds is 8. The van der Waals surface area contributed by atoms with Gasteiger partial charge in [0.2, 0.25) is 0 Å². The van der Waals surface area contributed by atoms with E-state index in [9.17, 15) is 4.39 Å². The third-order valence-corrected chi connectivity index (χ3v) is 4.80. The minimum Gasteiger partial charge on any atom is -0.441 e. The van der Waals surface area contributed by atoms with Crippen LogP contribution in [0.2, 0.25) is 0 Å². The highest BCUT2D eigenvalue weighted by atomic mass is 19.1. The number of dihydropyridines is 1. The van der Waals surface area contributed by atoms with E-state index in [4.69, 9.17) is 15.9 Å². The molecule has 170 valence electrons. The Morgan fingerprint density at radius 3 is 2.79 bits per heavy atom. The van der Waals surface area contributed by atoms with E-state index in [2.05, 4.69) is 39.0 Å². The second-order valence-electron chi connectivity index (χ2n) is 7.32. The lowest BCUT2D eigenvalue weighted by atomic mass is 10.1. The van der Waals surface area contributed by atoms with Gasteiger partial charge in [0.25, 0.3) is 0 Å². The maximum atomic E-state index is 13.2. The molecule has 2 heterocycles. The summed E-state index contributed by atoms with van der Waals surface area (Å²) in [6.07, 6.45) is 9.55. The maximum absolute atomic E-state index is 13.2. The average molecular weight is 447 g/mol. The van der Waals surface area contributed by atoms with Gasteiger partial charge in [0.1, 0.15) is 11.6 Å². The van der Waals surface area contributed by atoms with Crippen LogP contribution >= 0.6 is 0 Å². The molecule has 1 unspecified atom stereocenters. The van der Waals surface area contributed by atoms with Gasteiger partial charge in [-0.3, -0.25) is 4.99 Å². The van der Waals surface area contributed by atoms with Crippen molar-refractivity contribution in [3.8, 4) is 29.0 Å². The van der Waals surface area contributed by atoms with E-state index in [1.807, 2.05) is 18.2 Å². The van der Waals surface area contributed by atoms with Gasteiger partial charge in [0.05, 0.1) is 23.5 Å². The van der Waals surface area contributed by atoms with Crippen molar-refractivity contribution in [2.45, 2.75) is 38.8 Å². The molecule has 7 nitrogen and oxygen atoms in total. The van der Waals surface area contributed by atoms with Crippen molar-refractivity contribution < 1.29 is 9.13 Å². The van der Waals surface area contributed by atoms with Crippen molar-refractivity contribution in [3.63, 3.8) is 0 Å². The lowest BCUT2D eigenvalue weighted by Gasteiger charge is -2.16. The van der Waals surface area contributed by atoms with Crippen LogP contribution in [0, 0.1) is 17.3 Å². The van der Waals surface area contributed by atoms with E-state index in [0.717, 1.165) is 30.2 Å². The number of aliphatic imine (C=N–C) groups is 1. The second kappa shape index (κ2) is 11.7. The number of ether oxygens (including phenoxy) is 1. The van der Waals surface area contributed by atoms with E-state index in [1.165, 1.54) is 12.2 Å². The summed E-state index contributed by atoms with van der Waals surface area (Å²) in [5.41, 5.74) is 8.15. The van der Waals surface area contributed by atoms with Crippen LogP contribution in [0.4, 0.5) is 4.39 Å². The number of hydrogen-bond acceptors (Lipinski definition) is 7. The third kappa shape index (κ3) is 6.57. The van der Waals surface area contributed by atoms with E-state index in [1.54, 1.807) is 19.4 Å². The van der Waals surface area contributed by atoms with E-state index >= 15 is 0 Å². The lowest BCUT2D eigenvalue weighted by Crippen LogP contribution is -2.21. The maximum Gasteiger partial charge on any atom is 0.195 e. The Hall–Kier alpha value is -3.83. The van der Waals surface area contributed by atoms with Gasteiger partial charge in [-0.1, -0.05) is 18.8 Å². The zero-order valence-electron chi connectivity index (χ0n) is 18.7. The van der Waals surface area contributed by atoms with E-state index in [0.29, 0.717) is 36.0 Å². The predicted molar refractivity (Wildman–Crippen MR) is 129 cm³/mol. The summed E-state index contributed by atoms with van der Waals surface area (Å²) in [5.74, 6) is 7.20. The molecule has 0 saturated heterocycles. The number of aromatic nitrogens is 2. The molecule has 1 aromatic carbocycles. The monoisotopic (exact) mass is 446 g/mol. The summed E-state index contributed by atoms with van der Waals surface area (Å²) >= 11 is 0. The van der Waals surface area contributed by atoms with Crippen LogP contribution in [0.1, 0.15) is 37.3 Å². The fourth-order valence-corrected chi connectivity index (χ4v) is 2.97. The molecule has 8 heteroatoms. The first-order chi connectivity index (χ1) is 16.0. The van der Waals surface area contributed by atoms with E-state index in [-0.39, 0.29) is 11.5 Å². The molecule has 1 aliphatic rings. The van der Waals surface area contributed by atoms with Crippen LogP contribution in [0.5, 0.6) is 5.75 Å². The fourth-order valence-electron chi connectivity index (χ4n) is 2.97. The van der Waals surface area contributed by atoms with Gasteiger partial charge >= 0.3 is 0 Å². The topological polar surface area (TPSA) is 109 Å². The predicted octanol–water partition coefficient (Wildman–Crippen LogP) is 3.91. The molecule has 33 heavy (non-hydrogen) atoms. The number of nitrogens with zero attached hydrogens (tertiary/aromatic N) is 3. The molecular weight excluding hydrogens is 419 g/mol. The smallest absolute Gasteiger partial charge is 0.195 e. The number of halogens is 1. The Labute approximate surface area is 193 Å². The van der Waals surface area contributed by atoms with Crippen molar-refractivity contribution in [3.05, 3.63) is 65.6 Å². The number of hydrogen-bond donors (Lipinski definition) is 3.